The number of hydrogen-bond acceptors (Lipinski definition) is 6. The van der Waals surface area contributed by atoms with Crippen LogP contribution < -0.4 is 21.1 Å². The third kappa shape index (κ3) is 10.7. The summed E-state index contributed by atoms with van der Waals surface area (Å²) in [5.41, 5.74) is 8.37. The van der Waals surface area contributed by atoms with Crippen molar-refractivity contribution in [3.8, 4) is 5.75 Å². The zero-order chi connectivity index (χ0) is 29.9. The number of amidine groups is 1. The number of nitrogen functional groups attached to an aromatic ring is 1. The highest BCUT2D eigenvalue weighted by Crippen LogP contribution is 2.29. The molecule has 10 nitrogen and oxygen atoms in total. The largest absolute Gasteiger partial charge is 0.490 e. The maximum atomic E-state index is 12.3. The fourth-order valence-corrected chi connectivity index (χ4v) is 3.51. The molecule has 1 atom stereocenters. The third-order valence-corrected chi connectivity index (χ3v) is 5.64. The minimum Gasteiger partial charge on any atom is -0.488 e. The summed E-state index contributed by atoms with van der Waals surface area (Å²) in [7, 11) is 0. The SMILES string of the molecule is C[C@@H](NC(=O)CC(=O)Nc1ccc(C(=N)N)cc1)c1ccc(OCc2ccncc2)c(Br)c1.O=C(O)C(F)(F)F. The molecule has 0 saturated carbocycles. The van der Waals surface area contributed by atoms with Gasteiger partial charge < -0.3 is 26.2 Å². The molecule has 14 heteroatoms. The van der Waals surface area contributed by atoms with Crippen molar-refractivity contribution in [2.24, 2.45) is 5.73 Å². The second-order valence-corrected chi connectivity index (χ2v) is 9.00. The normalized spacial score (nSPS) is 11.3. The average Bonchev–Trinajstić information content (AvgIpc) is 2.88. The number of carboxylic acids is 1. The first kappa shape index (κ1) is 31.8. The summed E-state index contributed by atoms with van der Waals surface area (Å²) in [5, 5.41) is 20.0. The van der Waals surface area contributed by atoms with Gasteiger partial charge in [-0.25, -0.2) is 4.79 Å². The van der Waals surface area contributed by atoms with Crippen molar-refractivity contribution in [2.45, 2.75) is 32.2 Å². The van der Waals surface area contributed by atoms with Crippen LogP contribution in [0.25, 0.3) is 0 Å². The van der Waals surface area contributed by atoms with E-state index in [-0.39, 0.29) is 18.3 Å². The number of aliphatic carboxylic acids is 1. The zero-order valence-corrected chi connectivity index (χ0v) is 22.5. The summed E-state index contributed by atoms with van der Waals surface area (Å²) >= 11 is 3.51. The summed E-state index contributed by atoms with van der Waals surface area (Å²) in [6, 6.07) is 15.6. The number of amides is 2. The zero-order valence-electron chi connectivity index (χ0n) is 21.0. The third-order valence-electron chi connectivity index (χ3n) is 5.02. The van der Waals surface area contributed by atoms with Gasteiger partial charge in [0.1, 0.15) is 24.6 Å². The number of carbonyl (C=O) groups is 3. The monoisotopic (exact) mass is 623 g/mol. The van der Waals surface area contributed by atoms with Gasteiger partial charge >= 0.3 is 12.1 Å². The number of carboxylic acid groups (broad SMARTS) is 1. The molecule has 2 aromatic carbocycles. The van der Waals surface area contributed by atoms with Gasteiger partial charge in [0.15, 0.2) is 0 Å². The molecule has 0 aliphatic carbocycles. The van der Waals surface area contributed by atoms with E-state index in [2.05, 4.69) is 31.5 Å². The van der Waals surface area contributed by atoms with Gasteiger partial charge in [-0.2, -0.15) is 13.2 Å². The molecule has 212 valence electrons. The Morgan fingerprint density at radius 3 is 2.20 bits per heavy atom. The lowest BCUT2D eigenvalue weighted by molar-refractivity contribution is -0.192. The van der Waals surface area contributed by atoms with Gasteiger partial charge in [0.25, 0.3) is 0 Å². The van der Waals surface area contributed by atoms with E-state index in [1.807, 2.05) is 37.3 Å². The molecule has 0 aliphatic heterocycles. The number of aromatic nitrogens is 1. The number of nitrogens with zero attached hydrogens (tertiary/aromatic N) is 1. The van der Waals surface area contributed by atoms with Gasteiger partial charge in [-0.3, -0.25) is 20.0 Å². The van der Waals surface area contributed by atoms with Crippen molar-refractivity contribution in [3.63, 3.8) is 0 Å². The summed E-state index contributed by atoms with van der Waals surface area (Å²) in [4.78, 5) is 37.4. The van der Waals surface area contributed by atoms with Crippen molar-refractivity contribution >= 4 is 45.2 Å². The van der Waals surface area contributed by atoms with Crippen LogP contribution in [0.2, 0.25) is 0 Å². The van der Waals surface area contributed by atoms with E-state index in [1.165, 1.54) is 0 Å². The molecular weight excluding hydrogens is 599 g/mol. The van der Waals surface area contributed by atoms with Gasteiger partial charge in [0.05, 0.1) is 10.5 Å². The Morgan fingerprint density at radius 2 is 1.68 bits per heavy atom. The molecule has 1 heterocycles. The molecule has 0 bridgehead atoms. The molecular formula is C26H25BrF3N5O5. The van der Waals surface area contributed by atoms with E-state index in [1.54, 1.807) is 36.7 Å². The van der Waals surface area contributed by atoms with E-state index in [0.29, 0.717) is 23.6 Å². The number of hydrogen-bond donors (Lipinski definition) is 5. The number of benzene rings is 2. The van der Waals surface area contributed by atoms with Crippen molar-refractivity contribution in [1.82, 2.24) is 10.3 Å². The molecule has 1 aromatic heterocycles. The standard InChI is InChI=1S/C24H24BrN5O3.C2HF3O2/c1-15(18-4-7-21(20(25)12-18)33-14-16-8-10-28-11-9-16)29-22(31)13-23(32)30-19-5-2-17(3-6-19)24(26)27;3-2(4,5)1(6)7/h2-12,15H,13-14H2,1H3,(H3,26,27)(H,29,31)(H,30,32);(H,6,7)/t15-;/m1./s1. The van der Waals surface area contributed by atoms with Crippen molar-refractivity contribution in [1.29, 1.82) is 5.41 Å². The van der Waals surface area contributed by atoms with Crippen LogP contribution in [0, 0.1) is 5.41 Å². The Hall–Kier alpha value is -4.46. The lowest BCUT2D eigenvalue weighted by atomic mass is 10.1. The first-order chi connectivity index (χ1) is 18.8. The van der Waals surface area contributed by atoms with Crippen LogP contribution in [0.1, 0.15) is 36.1 Å². The Labute approximate surface area is 235 Å². The molecule has 40 heavy (non-hydrogen) atoms. The molecule has 0 radical (unpaired) electrons. The number of nitrogens with two attached hydrogens (primary N) is 1. The molecule has 0 spiro atoms. The average molecular weight is 624 g/mol. The smallest absolute Gasteiger partial charge is 0.488 e. The highest BCUT2D eigenvalue weighted by atomic mass is 79.9. The summed E-state index contributed by atoms with van der Waals surface area (Å²) < 4.78 is 38.3. The minimum absolute atomic E-state index is 0.0544. The van der Waals surface area contributed by atoms with Crippen LogP contribution >= 0.6 is 15.9 Å². The Bertz CT molecular complexity index is 1340. The van der Waals surface area contributed by atoms with E-state index in [0.717, 1.165) is 15.6 Å². The molecule has 3 rings (SSSR count). The van der Waals surface area contributed by atoms with Crippen LogP contribution in [0.5, 0.6) is 5.75 Å². The highest BCUT2D eigenvalue weighted by Gasteiger charge is 2.38. The number of alkyl halides is 3. The number of anilines is 1. The first-order valence-corrected chi connectivity index (χ1v) is 12.2. The van der Waals surface area contributed by atoms with Crippen LogP contribution in [0.4, 0.5) is 18.9 Å². The number of halogens is 4. The molecule has 6 N–H and O–H groups in total. The quantitative estimate of drug-likeness (QED) is 0.132. The molecule has 3 aromatic rings. The summed E-state index contributed by atoms with van der Waals surface area (Å²) in [5.74, 6) is -2.95. The lowest BCUT2D eigenvalue weighted by Crippen LogP contribution is -2.30. The highest BCUT2D eigenvalue weighted by molar-refractivity contribution is 9.10. The van der Waals surface area contributed by atoms with E-state index in [9.17, 15) is 22.8 Å². The predicted octanol–water partition coefficient (Wildman–Crippen LogP) is 4.55. The van der Waals surface area contributed by atoms with Gasteiger partial charge in [-0.15, -0.1) is 0 Å². The van der Waals surface area contributed by atoms with Crippen molar-refractivity contribution in [2.75, 3.05) is 5.32 Å². The van der Waals surface area contributed by atoms with Crippen molar-refractivity contribution < 1.29 is 37.4 Å². The van der Waals surface area contributed by atoms with Gasteiger partial charge in [-0.1, -0.05) is 6.07 Å². The number of nitrogens with one attached hydrogen (secondary N) is 3. The van der Waals surface area contributed by atoms with Crippen molar-refractivity contribution in [3.05, 3.63) is 88.2 Å². The number of pyridine rings is 1. The summed E-state index contributed by atoms with van der Waals surface area (Å²) in [6.07, 6.45) is -1.97. The fraction of sp³-hybridized carbons (Fsp3) is 0.192. The van der Waals surface area contributed by atoms with Crippen LogP contribution in [0.15, 0.2) is 71.5 Å². The molecule has 2 amide bonds. The topological polar surface area (TPSA) is 167 Å². The van der Waals surface area contributed by atoms with Gasteiger partial charge in [0.2, 0.25) is 11.8 Å². The predicted molar refractivity (Wildman–Crippen MR) is 144 cm³/mol. The second-order valence-electron chi connectivity index (χ2n) is 8.14. The number of rotatable bonds is 9. The first-order valence-electron chi connectivity index (χ1n) is 11.4. The minimum atomic E-state index is -5.08. The molecule has 0 saturated heterocycles. The van der Waals surface area contributed by atoms with Gasteiger partial charge in [0, 0.05) is 23.6 Å². The number of ether oxygens (including phenoxy) is 1. The Kier molecular flexibility index (Phi) is 11.6. The summed E-state index contributed by atoms with van der Waals surface area (Å²) in [6.45, 7) is 2.26. The van der Waals surface area contributed by atoms with Crippen LogP contribution in [0.3, 0.4) is 0 Å². The van der Waals surface area contributed by atoms with Crippen LogP contribution in [-0.2, 0) is 21.0 Å². The Morgan fingerprint density at radius 1 is 1.07 bits per heavy atom. The molecule has 0 unspecified atom stereocenters. The van der Waals surface area contributed by atoms with Crippen LogP contribution in [-0.4, -0.2) is 39.9 Å². The van der Waals surface area contributed by atoms with E-state index in [4.69, 9.17) is 25.8 Å². The Balaban J connectivity index is 0.000000708. The number of carbonyl (C=O) groups excluding carboxylic acids is 2. The maximum Gasteiger partial charge on any atom is 0.490 e. The fourth-order valence-electron chi connectivity index (χ4n) is 3.00. The van der Waals surface area contributed by atoms with Gasteiger partial charge in [-0.05, 0) is 82.5 Å². The molecule has 0 aliphatic rings. The lowest BCUT2D eigenvalue weighted by Gasteiger charge is -2.16. The second kappa shape index (κ2) is 14.6. The van der Waals surface area contributed by atoms with E-state index < -0.39 is 24.0 Å². The van der Waals surface area contributed by atoms with E-state index >= 15 is 0 Å². The molecule has 0 fully saturated rings. The maximum absolute atomic E-state index is 12.3.